The van der Waals surface area contributed by atoms with Gasteiger partial charge in [-0.1, -0.05) is 30.3 Å². The summed E-state index contributed by atoms with van der Waals surface area (Å²) in [6.07, 6.45) is 2.57. The molecule has 0 bridgehead atoms. The first-order chi connectivity index (χ1) is 15.6. The van der Waals surface area contributed by atoms with Crippen molar-refractivity contribution in [2.45, 2.75) is 12.8 Å². The number of nitrogens with zero attached hydrogens (tertiary/aromatic N) is 2. The van der Waals surface area contributed by atoms with E-state index in [4.69, 9.17) is 14.3 Å². The molecule has 0 spiro atoms. The summed E-state index contributed by atoms with van der Waals surface area (Å²) < 4.78 is 11.5. The number of aromatic carboxylic acids is 1. The van der Waals surface area contributed by atoms with Crippen LogP contribution in [0.5, 0.6) is 11.5 Å². The van der Waals surface area contributed by atoms with Gasteiger partial charge in [-0.05, 0) is 60.4 Å². The molecule has 2 aromatic carbocycles. The molecule has 2 aromatic heterocycles. The Morgan fingerprint density at radius 1 is 0.938 bits per heavy atom. The van der Waals surface area contributed by atoms with E-state index < -0.39 is 5.97 Å². The van der Waals surface area contributed by atoms with Crippen molar-refractivity contribution in [3.8, 4) is 23.0 Å². The maximum atomic E-state index is 13.0. The molecule has 1 N–H and O–H groups in total. The molecule has 0 radical (unpaired) electrons. The molecule has 0 saturated heterocycles. The van der Waals surface area contributed by atoms with Gasteiger partial charge in [-0.2, -0.15) is 0 Å². The van der Waals surface area contributed by atoms with Gasteiger partial charge in [0.25, 0.3) is 5.89 Å². The zero-order valence-electron chi connectivity index (χ0n) is 16.9. The lowest BCUT2D eigenvalue weighted by atomic mass is 10.0. The highest BCUT2D eigenvalue weighted by Crippen LogP contribution is 2.33. The van der Waals surface area contributed by atoms with Gasteiger partial charge < -0.3 is 14.3 Å². The first-order valence-corrected chi connectivity index (χ1v) is 10.1. The second-order valence-electron chi connectivity index (χ2n) is 7.56. The number of hydrogen-bond donors (Lipinski definition) is 1. The molecule has 4 aromatic rings. The Morgan fingerprint density at radius 2 is 1.75 bits per heavy atom. The molecule has 1 aliphatic rings. The highest BCUT2D eigenvalue weighted by atomic mass is 16.5. The van der Waals surface area contributed by atoms with Crippen LogP contribution in [-0.4, -0.2) is 26.8 Å². The van der Waals surface area contributed by atoms with E-state index in [0.29, 0.717) is 18.5 Å². The van der Waals surface area contributed by atoms with Crippen molar-refractivity contribution in [1.82, 2.24) is 9.97 Å². The van der Waals surface area contributed by atoms with E-state index >= 15 is 0 Å². The second-order valence-corrected chi connectivity index (χ2v) is 7.56. The molecule has 158 valence electrons. The highest BCUT2D eigenvalue weighted by Gasteiger charge is 2.31. The van der Waals surface area contributed by atoms with Crippen LogP contribution in [0, 0.1) is 5.92 Å². The number of benzene rings is 2. The Kier molecular flexibility index (Phi) is 4.99. The molecule has 32 heavy (non-hydrogen) atoms. The molecule has 7 nitrogen and oxygen atoms in total. The lowest BCUT2D eigenvalue weighted by Crippen LogP contribution is -2.15. The summed E-state index contributed by atoms with van der Waals surface area (Å²) in [6.45, 7) is 0. The molecule has 7 heteroatoms. The summed E-state index contributed by atoms with van der Waals surface area (Å²) in [5.41, 5.74) is 2.38. The topological polar surface area (TPSA) is 103 Å². The average Bonchev–Trinajstić information content (AvgIpc) is 3.47. The number of rotatable bonds is 6. The van der Waals surface area contributed by atoms with E-state index in [1.807, 2.05) is 48.5 Å². The van der Waals surface area contributed by atoms with Gasteiger partial charge in [-0.15, -0.1) is 0 Å². The van der Waals surface area contributed by atoms with E-state index in [2.05, 4.69) is 9.97 Å². The van der Waals surface area contributed by atoms with Crippen molar-refractivity contribution in [3.63, 3.8) is 0 Å². The van der Waals surface area contributed by atoms with Crippen LogP contribution in [0.1, 0.15) is 32.3 Å². The van der Waals surface area contributed by atoms with Crippen molar-refractivity contribution in [3.05, 3.63) is 95.6 Å². The molecule has 5 rings (SSSR count). The van der Waals surface area contributed by atoms with Crippen LogP contribution in [0.2, 0.25) is 0 Å². The number of aromatic nitrogens is 2. The van der Waals surface area contributed by atoms with Gasteiger partial charge >= 0.3 is 5.97 Å². The van der Waals surface area contributed by atoms with E-state index in [9.17, 15) is 9.59 Å². The number of oxazole rings is 1. The van der Waals surface area contributed by atoms with Crippen molar-refractivity contribution < 1.29 is 23.8 Å². The molecular weight excluding hydrogens is 408 g/mol. The van der Waals surface area contributed by atoms with Crippen LogP contribution in [0.4, 0.5) is 0 Å². The standard InChI is InChI=1S/C25H18N2O5/c28-23(24-26-14-22(32-24)20-7-4-8-21(27-20)25(29)30)17-11-15-9-10-19(13-16(15)12-17)31-18-5-2-1-3-6-18/h1-10,13-14,17H,11-12H2,(H,29,30). The van der Waals surface area contributed by atoms with Crippen molar-refractivity contribution in [1.29, 1.82) is 0 Å². The van der Waals surface area contributed by atoms with Crippen molar-refractivity contribution >= 4 is 11.8 Å². The summed E-state index contributed by atoms with van der Waals surface area (Å²) in [5, 5.41) is 9.11. The minimum absolute atomic E-state index is 0.00101. The van der Waals surface area contributed by atoms with Crippen LogP contribution >= 0.6 is 0 Å². The number of carbonyl (C=O) groups is 2. The zero-order chi connectivity index (χ0) is 22.1. The molecule has 1 unspecified atom stereocenters. The van der Waals surface area contributed by atoms with Crippen LogP contribution in [0.25, 0.3) is 11.5 Å². The summed E-state index contributed by atoms with van der Waals surface area (Å²) in [6, 6.07) is 20.0. The summed E-state index contributed by atoms with van der Waals surface area (Å²) in [5.74, 6) is 0.138. The monoisotopic (exact) mass is 426 g/mol. The van der Waals surface area contributed by atoms with E-state index in [1.165, 1.54) is 12.3 Å². The van der Waals surface area contributed by atoms with Gasteiger partial charge in [0, 0.05) is 5.92 Å². The van der Waals surface area contributed by atoms with Gasteiger partial charge in [-0.3, -0.25) is 4.79 Å². The maximum Gasteiger partial charge on any atom is 0.354 e. The lowest BCUT2D eigenvalue weighted by molar-refractivity contribution is 0.0690. The van der Waals surface area contributed by atoms with Crippen LogP contribution in [-0.2, 0) is 12.8 Å². The first kappa shape index (κ1) is 19.7. The van der Waals surface area contributed by atoms with Gasteiger partial charge in [-0.25, -0.2) is 14.8 Å². The SMILES string of the molecule is O=C(O)c1cccc(-c2cnc(C(=O)C3Cc4ccc(Oc5ccccc5)cc4C3)o2)n1. The van der Waals surface area contributed by atoms with E-state index in [1.54, 1.807) is 12.1 Å². The minimum Gasteiger partial charge on any atom is -0.477 e. The molecular formula is C25H18N2O5. The third-order valence-electron chi connectivity index (χ3n) is 5.40. The van der Waals surface area contributed by atoms with Gasteiger partial charge in [0.05, 0.1) is 6.20 Å². The number of carbonyl (C=O) groups excluding carboxylic acids is 1. The molecule has 2 heterocycles. The van der Waals surface area contributed by atoms with E-state index in [-0.39, 0.29) is 29.0 Å². The summed E-state index contributed by atoms with van der Waals surface area (Å²) in [7, 11) is 0. The minimum atomic E-state index is -1.14. The fraction of sp³-hybridized carbons (Fsp3) is 0.120. The van der Waals surface area contributed by atoms with Crippen molar-refractivity contribution in [2.24, 2.45) is 5.92 Å². The zero-order valence-corrected chi connectivity index (χ0v) is 16.9. The number of Topliss-reactive ketones (excluding diaryl/α,β-unsaturated/α-hetero) is 1. The number of fused-ring (bicyclic) bond motifs is 1. The number of pyridine rings is 1. The smallest absolute Gasteiger partial charge is 0.354 e. The van der Waals surface area contributed by atoms with Gasteiger partial charge in [0.2, 0.25) is 5.78 Å². The Morgan fingerprint density at radius 3 is 2.56 bits per heavy atom. The number of ketones is 1. The third kappa shape index (κ3) is 3.88. The first-order valence-electron chi connectivity index (χ1n) is 10.1. The van der Waals surface area contributed by atoms with Crippen molar-refractivity contribution in [2.75, 3.05) is 0 Å². The number of carboxylic acids is 1. The fourth-order valence-electron chi connectivity index (χ4n) is 3.84. The van der Waals surface area contributed by atoms with Crippen LogP contribution in [0.15, 0.2) is 77.3 Å². The predicted octanol–water partition coefficient (Wildman–Crippen LogP) is 4.82. The number of carboxylic acid groups (broad SMARTS) is 1. The molecule has 0 fully saturated rings. The molecule has 0 aliphatic heterocycles. The fourth-order valence-corrected chi connectivity index (χ4v) is 3.84. The lowest BCUT2D eigenvalue weighted by Gasteiger charge is -2.07. The van der Waals surface area contributed by atoms with Gasteiger partial charge in [0.15, 0.2) is 5.76 Å². The predicted molar refractivity (Wildman–Crippen MR) is 115 cm³/mol. The normalized spacial score (nSPS) is 14.7. The second kappa shape index (κ2) is 8.11. The Labute approximate surface area is 183 Å². The molecule has 0 saturated carbocycles. The Balaban J connectivity index is 1.31. The number of hydrogen-bond acceptors (Lipinski definition) is 6. The maximum absolute atomic E-state index is 13.0. The Bertz CT molecular complexity index is 1310. The highest BCUT2D eigenvalue weighted by molar-refractivity contribution is 5.95. The largest absolute Gasteiger partial charge is 0.477 e. The van der Waals surface area contributed by atoms with Crippen LogP contribution in [0.3, 0.4) is 0 Å². The molecule has 0 amide bonds. The quantitative estimate of drug-likeness (QED) is 0.441. The van der Waals surface area contributed by atoms with Crippen LogP contribution < -0.4 is 4.74 Å². The summed E-state index contributed by atoms with van der Waals surface area (Å²) >= 11 is 0. The summed E-state index contributed by atoms with van der Waals surface area (Å²) in [4.78, 5) is 32.3. The number of para-hydroxylation sites is 1. The molecule has 1 aliphatic carbocycles. The van der Waals surface area contributed by atoms with E-state index in [0.717, 1.165) is 22.6 Å². The van der Waals surface area contributed by atoms with Gasteiger partial charge in [0.1, 0.15) is 22.9 Å². The number of ether oxygens (including phenoxy) is 1. The molecule has 1 atom stereocenters. The third-order valence-corrected chi connectivity index (χ3v) is 5.40. The Hall–Kier alpha value is -4.26. The average molecular weight is 426 g/mol.